The number of rotatable bonds is 4. The van der Waals surface area contributed by atoms with Crippen molar-refractivity contribution in [2.24, 2.45) is 5.14 Å². The zero-order chi connectivity index (χ0) is 9.03. The third-order valence-corrected chi connectivity index (χ3v) is 1.95. The molecule has 0 spiro atoms. The zero-order valence-corrected chi connectivity index (χ0v) is 7.29. The van der Waals surface area contributed by atoms with Crippen molar-refractivity contribution in [1.82, 2.24) is 9.29 Å². The van der Waals surface area contributed by atoms with Crippen LogP contribution in [0.1, 0.15) is 0 Å². The minimum absolute atomic E-state index is 0.313. The van der Waals surface area contributed by atoms with Gasteiger partial charge in [0, 0.05) is 25.5 Å². The van der Waals surface area contributed by atoms with E-state index in [0.717, 1.165) is 0 Å². The first-order valence-electron chi connectivity index (χ1n) is 3.46. The Kier molecular flexibility index (Phi) is 2.85. The monoisotopic (exact) mass is 189 g/mol. The first kappa shape index (κ1) is 9.24. The van der Waals surface area contributed by atoms with Crippen LogP contribution in [0.4, 0.5) is 0 Å². The van der Waals surface area contributed by atoms with Crippen LogP contribution in [0, 0.1) is 0 Å². The zero-order valence-electron chi connectivity index (χ0n) is 6.47. The number of hydrogen-bond acceptors (Lipinski definition) is 2. The maximum absolute atomic E-state index is 10.4. The van der Waals surface area contributed by atoms with Crippen LogP contribution in [0.5, 0.6) is 0 Å². The molecule has 0 aromatic carbocycles. The number of nitrogens with zero attached hydrogens (tertiary/aromatic N) is 1. The molecule has 5 nitrogen and oxygen atoms in total. The lowest BCUT2D eigenvalue weighted by atomic mass is 10.6. The fourth-order valence-corrected chi connectivity index (χ4v) is 1.21. The SMILES string of the molecule is NS(=O)(=O)NCCn1cccc1. The van der Waals surface area contributed by atoms with Gasteiger partial charge in [0.05, 0.1) is 0 Å². The van der Waals surface area contributed by atoms with E-state index in [0.29, 0.717) is 13.1 Å². The molecule has 0 saturated carbocycles. The molecule has 1 heterocycles. The molecular weight excluding hydrogens is 178 g/mol. The van der Waals surface area contributed by atoms with E-state index in [9.17, 15) is 8.42 Å². The largest absolute Gasteiger partial charge is 0.353 e. The van der Waals surface area contributed by atoms with E-state index in [1.807, 2.05) is 29.1 Å². The molecule has 0 aliphatic carbocycles. The Morgan fingerprint density at radius 3 is 2.42 bits per heavy atom. The first-order chi connectivity index (χ1) is 5.58. The van der Waals surface area contributed by atoms with Gasteiger partial charge in [-0.1, -0.05) is 0 Å². The van der Waals surface area contributed by atoms with Crippen LogP contribution < -0.4 is 9.86 Å². The topological polar surface area (TPSA) is 77.1 Å². The fraction of sp³-hybridized carbons (Fsp3) is 0.333. The van der Waals surface area contributed by atoms with Gasteiger partial charge >= 0.3 is 0 Å². The Morgan fingerprint density at radius 1 is 1.33 bits per heavy atom. The summed E-state index contributed by atoms with van der Waals surface area (Å²) in [6.45, 7) is 0.900. The second kappa shape index (κ2) is 3.70. The molecule has 1 rings (SSSR count). The van der Waals surface area contributed by atoms with E-state index in [2.05, 4.69) is 4.72 Å². The molecule has 0 aliphatic heterocycles. The molecule has 0 aliphatic rings. The molecule has 0 saturated heterocycles. The molecule has 0 fully saturated rings. The van der Waals surface area contributed by atoms with Gasteiger partial charge < -0.3 is 4.57 Å². The van der Waals surface area contributed by atoms with E-state index in [1.165, 1.54) is 0 Å². The summed E-state index contributed by atoms with van der Waals surface area (Å²) in [4.78, 5) is 0. The minimum Gasteiger partial charge on any atom is -0.353 e. The standard InChI is InChI=1S/C6H11N3O2S/c7-12(10,11)8-3-6-9-4-1-2-5-9/h1-2,4-5,8H,3,6H2,(H2,7,10,11). The second-order valence-electron chi connectivity index (χ2n) is 2.36. The number of hydrogen-bond donors (Lipinski definition) is 2. The Bertz CT molecular complexity index is 317. The van der Waals surface area contributed by atoms with E-state index in [-0.39, 0.29) is 0 Å². The average Bonchev–Trinajstić information content (AvgIpc) is 2.36. The summed E-state index contributed by atoms with van der Waals surface area (Å²) in [6.07, 6.45) is 3.70. The molecule has 0 amide bonds. The van der Waals surface area contributed by atoms with Crippen molar-refractivity contribution in [3.63, 3.8) is 0 Å². The second-order valence-corrected chi connectivity index (χ2v) is 3.74. The van der Waals surface area contributed by atoms with Crippen molar-refractivity contribution in [3.8, 4) is 0 Å². The molecular formula is C6H11N3O2S. The minimum atomic E-state index is -3.54. The molecule has 0 bridgehead atoms. The Morgan fingerprint density at radius 2 is 1.92 bits per heavy atom. The van der Waals surface area contributed by atoms with Gasteiger partial charge in [-0.2, -0.15) is 8.42 Å². The van der Waals surface area contributed by atoms with Gasteiger partial charge in [-0.05, 0) is 12.1 Å². The molecule has 68 valence electrons. The quantitative estimate of drug-likeness (QED) is 0.655. The summed E-state index contributed by atoms with van der Waals surface area (Å²) in [5.41, 5.74) is 0. The van der Waals surface area contributed by atoms with E-state index < -0.39 is 10.2 Å². The maximum atomic E-state index is 10.4. The molecule has 12 heavy (non-hydrogen) atoms. The number of nitrogens with one attached hydrogen (secondary N) is 1. The molecule has 1 aromatic heterocycles. The number of aromatic nitrogens is 1. The lowest BCUT2D eigenvalue weighted by Crippen LogP contribution is -2.33. The van der Waals surface area contributed by atoms with Gasteiger partial charge in [0.15, 0.2) is 0 Å². The molecule has 1 aromatic rings. The smallest absolute Gasteiger partial charge is 0.274 e. The van der Waals surface area contributed by atoms with Gasteiger partial charge in [0.25, 0.3) is 10.2 Å². The highest BCUT2D eigenvalue weighted by Gasteiger charge is 1.98. The van der Waals surface area contributed by atoms with Crippen LogP contribution in [0.3, 0.4) is 0 Å². The molecule has 0 radical (unpaired) electrons. The lowest BCUT2D eigenvalue weighted by Gasteiger charge is -2.02. The van der Waals surface area contributed by atoms with Crippen molar-refractivity contribution in [2.75, 3.05) is 6.54 Å². The predicted octanol–water partition coefficient (Wildman–Crippen LogP) is -0.719. The Hall–Kier alpha value is -0.850. The van der Waals surface area contributed by atoms with Gasteiger partial charge in [0.1, 0.15) is 0 Å². The highest BCUT2D eigenvalue weighted by Crippen LogP contribution is 1.87. The Labute approximate surface area is 71.4 Å². The van der Waals surface area contributed by atoms with Gasteiger partial charge in [-0.25, -0.2) is 9.86 Å². The van der Waals surface area contributed by atoms with Crippen LogP contribution >= 0.6 is 0 Å². The van der Waals surface area contributed by atoms with Crippen molar-refractivity contribution in [1.29, 1.82) is 0 Å². The summed E-state index contributed by atoms with van der Waals surface area (Å²) < 4.78 is 24.9. The van der Waals surface area contributed by atoms with Gasteiger partial charge in [-0.15, -0.1) is 0 Å². The third-order valence-electron chi connectivity index (χ3n) is 1.34. The highest BCUT2D eigenvalue weighted by atomic mass is 32.2. The van der Waals surface area contributed by atoms with Gasteiger partial charge in [0.2, 0.25) is 0 Å². The van der Waals surface area contributed by atoms with Crippen LogP contribution in [0.2, 0.25) is 0 Å². The fourth-order valence-electron chi connectivity index (χ4n) is 0.836. The lowest BCUT2D eigenvalue weighted by molar-refractivity contribution is 0.575. The van der Waals surface area contributed by atoms with Crippen molar-refractivity contribution in [3.05, 3.63) is 24.5 Å². The van der Waals surface area contributed by atoms with E-state index >= 15 is 0 Å². The average molecular weight is 189 g/mol. The van der Waals surface area contributed by atoms with Crippen molar-refractivity contribution >= 4 is 10.2 Å². The van der Waals surface area contributed by atoms with E-state index in [1.54, 1.807) is 0 Å². The predicted molar refractivity (Wildman–Crippen MR) is 45.5 cm³/mol. The molecule has 3 N–H and O–H groups in total. The summed E-state index contributed by atoms with van der Waals surface area (Å²) in [5, 5.41) is 4.73. The maximum Gasteiger partial charge on any atom is 0.274 e. The van der Waals surface area contributed by atoms with Crippen LogP contribution in [0.25, 0.3) is 0 Å². The Balaban J connectivity index is 2.29. The van der Waals surface area contributed by atoms with Crippen LogP contribution in [-0.2, 0) is 16.8 Å². The van der Waals surface area contributed by atoms with Crippen molar-refractivity contribution in [2.45, 2.75) is 6.54 Å². The van der Waals surface area contributed by atoms with Crippen molar-refractivity contribution < 1.29 is 8.42 Å². The molecule has 0 unspecified atom stereocenters. The van der Waals surface area contributed by atoms with Crippen LogP contribution in [-0.4, -0.2) is 19.5 Å². The number of nitrogens with two attached hydrogens (primary N) is 1. The first-order valence-corrected chi connectivity index (χ1v) is 5.01. The van der Waals surface area contributed by atoms with E-state index in [4.69, 9.17) is 5.14 Å². The highest BCUT2D eigenvalue weighted by molar-refractivity contribution is 7.87. The normalized spacial score (nSPS) is 11.8. The molecule has 6 heteroatoms. The summed E-state index contributed by atoms with van der Waals surface area (Å²) in [7, 11) is -3.54. The summed E-state index contributed by atoms with van der Waals surface area (Å²) in [5.74, 6) is 0. The summed E-state index contributed by atoms with van der Waals surface area (Å²) in [6, 6.07) is 3.74. The van der Waals surface area contributed by atoms with Gasteiger partial charge in [-0.3, -0.25) is 0 Å². The third kappa shape index (κ3) is 3.51. The molecule has 0 atom stereocenters. The van der Waals surface area contributed by atoms with Crippen LogP contribution in [0.15, 0.2) is 24.5 Å². The summed E-state index contributed by atoms with van der Waals surface area (Å²) >= 11 is 0.